The predicted molar refractivity (Wildman–Crippen MR) is 114 cm³/mol. The van der Waals surface area contributed by atoms with Gasteiger partial charge in [-0.05, 0) is 29.9 Å². The van der Waals surface area contributed by atoms with Crippen LogP contribution in [0.3, 0.4) is 0 Å². The van der Waals surface area contributed by atoms with E-state index in [2.05, 4.69) is 20.5 Å². The lowest BCUT2D eigenvalue weighted by atomic mass is 9.92. The minimum Gasteiger partial charge on any atom is -0.391 e. The first-order valence-corrected chi connectivity index (χ1v) is 10.9. The SMILES string of the molecule is Cn1cc(-c2cnc3c(-c4csc(C(=O)N[C@H]5CCCC[C@@H]5O)c4)cnn3c2)cn1. The van der Waals surface area contributed by atoms with Gasteiger partial charge in [0.05, 0.1) is 29.4 Å². The molecule has 1 fully saturated rings. The van der Waals surface area contributed by atoms with Crippen LogP contribution in [0.1, 0.15) is 35.4 Å². The van der Waals surface area contributed by atoms with Gasteiger partial charge in [0.2, 0.25) is 0 Å². The second-order valence-corrected chi connectivity index (χ2v) is 8.61. The second kappa shape index (κ2) is 7.66. The first-order valence-electron chi connectivity index (χ1n) is 9.99. The molecule has 8 nitrogen and oxygen atoms in total. The number of carbonyl (C=O) groups excluding carboxylic acids is 1. The predicted octanol–water partition coefficient (Wildman–Crippen LogP) is 2.89. The molecule has 4 aromatic rings. The molecular formula is C21H22N6O2S. The number of aromatic nitrogens is 5. The van der Waals surface area contributed by atoms with E-state index < -0.39 is 6.10 Å². The fourth-order valence-corrected chi connectivity index (χ4v) is 4.72. The fourth-order valence-electron chi connectivity index (χ4n) is 3.91. The monoisotopic (exact) mass is 422 g/mol. The van der Waals surface area contributed by atoms with E-state index in [0.717, 1.165) is 53.6 Å². The lowest BCUT2D eigenvalue weighted by Crippen LogP contribution is -2.44. The van der Waals surface area contributed by atoms with E-state index in [1.165, 1.54) is 11.3 Å². The van der Waals surface area contributed by atoms with Gasteiger partial charge in [-0.25, -0.2) is 9.50 Å². The Bertz CT molecular complexity index is 1210. The molecule has 154 valence electrons. The highest BCUT2D eigenvalue weighted by Gasteiger charge is 2.25. The summed E-state index contributed by atoms with van der Waals surface area (Å²) in [5, 5.41) is 23.7. The number of nitrogens with zero attached hydrogens (tertiary/aromatic N) is 5. The van der Waals surface area contributed by atoms with Gasteiger partial charge in [-0.15, -0.1) is 11.3 Å². The van der Waals surface area contributed by atoms with Crippen LogP contribution >= 0.6 is 11.3 Å². The molecule has 2 atom stereocenters. The third-order valence-corrected chi connectivity index (χ3v) is 6.50. The van der Waals surface area contributed by atoms with Crippen LogP contribution in [0.5, 0.6) is 0 Å². The summed E-state index contributed by atoms with van der Waals surface area (Å²) >= 11 is 1.39. The van der Waals surface area contributed by atoms with Crippen molar-refractivity contribution in [3.8, 4) is 22.3 Å². The van der Waals surface area contributed by atoms with E-state index in [1.807, 2.05) is 37.1 Å². The average molecular weight is 423 g/mol. The standard InChI is InChI=1S/C21H22N6O2S/c1-26-10-15(8-23-26)14-7-22-20-16(9-24-27(20)11-14)13-6-19(30-12-13)21(29)25-17-4-2-3-5-18(17)28/h6-12,17-18,28H,2-5H2,1H3,(H,25,29)/t17-,18-/m0/s1. The van der Waals surface area contributed by atoms with Crippen molar-refractivity contribution in [2.75, 3.05) is 0 Å². The smallest absolute Gasteiger partial charge is 0.261 e. The zero-order valence-corrected chi connectivity index (χ0v) is 17.3. The highest BCUT2D eigenvalue weighted by atomic mass is 32.1. The number of aliphatic hydroxyl groups excluding tert-OH is 1. The third kappa shape index (κ3) is 3.50. The van der Waals surface area contributed by atoms with Crippen molar-refractivity contribution in [3.63, 3.8) is 0 Å². The number of aliphatic hydroxyl groups is 1. The normalized spacial score (nSPS) is 19.3. The van der Waals surface area contributed by atoms with Crippen molar-refractivity contribution >= 4 is 22.9 Å². The van der Waals surface area contributed by atoms with Crippen molar-refractivity contribution in [1.29, 1.82) is 0 Å². The number of rotatable bonds is 4. The zero-order valence-electron chi connectivity index (χ0n) is 16.5. The Balaban J connectivity index is 1.38. The summed E-state index contributed by atoms with van der Waals surface area (Å²) < 4.78 is 3.49. The summed E-state index contributed by atoms with van der Waals surface area (Å²) in [6, 6.07) is 1.70. The quantitative estimate of drug-likeness (QED) is 0.527. The molecule has 9 heteroatoms. The maximum absolute atomic E-state index is 12.7. The van der Waals surface area contributed by atoms with Crippen LogP contribution in [0, 0.1) is 0 Å². The van der Waals surface area contributed by atoms with Crippen LogP contribution in [-0.4, -0.2) is 47.5 Å². The molecule has 4 heterocycles. The fraction of sp³-hybridized carbons (Fsp3) is 0.333. The van der Waals surface area contributed by atoms with E-state index in [1.54, 1.807) is 21.6 Å². The van der Waals surface area contributed by atoms with Crippen LogP contribution in [-0.2, 0) is 7.05 Å². The van der Waals surface area contributed by atoms with Gasteiger partial charge in [0.1, 0.15) is 0 Å². The Kier molecular flexibility index (Phi) is 4.84. The molecule has 1 saturated carbocycles. The van der Waals surface area contributed by atoms with Crippen molar-refractivity contribution < 1.29 is 9.90 Å². The summed E-state index contributed by atoms with van der Waals surface area (Å²) in [4.78, 5) is 17.9. The number of nitrogens with one attached hydrogen (secondary N) is 1. The van der Waals surface area contributed by atoms with Gasteiger partial charge in [0.15, 0.2) is 5.65 Å². The topological polar surface area (TPSA) is 97.3 Å². The summed E-state index contributed by atoms with van der Waals surface area (Å²) in [7, 11) is 1.88. The molecule has 0 bridgehead atoms. The Labute approximate surface area is 177 Å². The van der Waals surface area contributed by atoms with Gasteiger partial charge < -0.3 is 10.4 Å². The van der Waals surface area contributed by atoms with E-state index >= 15 is 0 Å². The van der Waals surface area contributed by atoms with Gasteiger partial charge in [0, 0.05) is 42.3 Å². The molecule has 4 aromatic heterocycles. The number of hydrogen-bond donors (Lipinski definition) is 2. The average Bonchev–Trinajstić information content (AvgIpc) is 3.48. The molecule has 2 N–H and O–H groups in total. The third-order valence-electron chi connectivity index (χ3n) is 5.57. The lowest BCUT2D eigenvalue weighted by Gasteiger charge is -2.28. The van der Waals surface area contributed by atoms with Crippen LogP contribution < -0.4 is 5.32 Å². The van der Waals surface area contributed by atoms with Gasteiger partial charge >= 0.3 is 0 Å². The van der Waals surface area contributed by atoms with Gasteiger partial charge in [-0.3, -0.25) is 9.48 Å². The minimum atomic E-state index is -0.458. The Morgan fingerprint density at radius 2 is 1.97 bits per heavy atom. The zero-order chi connectivity index (χ0) is 20.7. The molecule has 5 rings (SSSR count). The van der Waals surface area contributed by atoms with E-state index in [4.69, 9.17) is 0 Å². The Morgan fingerprint density at radius 3 is 2.77 bits per heavy atom. The first kappa shape index (κ1) is 19.0. The van der Waals surface area contributed by atoms with Gasteiger partial charge in [-0.1, -0.05) is 12.8 Å². The van der Waals surface area contributed by atoms with Crippen LogP contribution in [0.4, 0.5) is 0 Å². The summed E-state index contributed by atoms with van der Waals surface area (Å²) in [6.45, 7) is 0. The Morgan fingerprint density at radius 1 is 1.13 bits per heavy atom. The maximum Gasteiger partial charge on any atom is 0.261 e. The minimum absolute atomic E-state index is 0.138. The second-order valence-electron chi connectivity index (χ2n) is 7.70. The first-order chi connectivity index (χ1) is 14.6. The molecule has 1 aliphatic rings. The van der Waals surface area contributed by atoms with Crippen LogP contribution in [0.2, 0.25) is 0 Å². The largest absolute Gasteiger partial charge is 0.391 e. The summed E-state index contributed by atoms with van der Waals surface area (Å²) in [6.07, 6.45) is 12.4. The molecule has 0 radical (unpaired) electrons. The molecule has 0 aliphatic heterocycles. The van der Waals surface area contributed by atoms with Crippen molar-refractivity contribution in [2.24, 2.45) is 7.05 Å². The molecule has 30 heavy (non-hydrogen) atoms. The van der Waals surface area contributed by atoms with Crippen molar-refractivity contribution in [3.05, 3.63) is 47.3 Å². The Hall–Kier alpha value is -3.04. The van der Waals surface area contributed by atoms with E-state index in [0.29, 0.717) is 4.88 Å². The van der Waals surface area contributed by atoms with E-state index in [-0.39, 0.29) is 11.9 Å². The lowest BCUT2D eigenvalue weighted by molar-refractivity contribution is 0.0720. The highest BCUT2D eigenvalue weighted by molar-refractivity contribution is 7.12. The van der Waals surface area contributed by atoms with Crippen LogP contribution in [0.15, 0.2) is 42.4 Å². The number of fused-ring (bicyclic) bond motifs is 1. The number of amides is 1. The molecule has 0 aromatic carbocycles. The number of aryl methyl sites for hydroxylation is 1. The van der Waals surface area contributed by atoms with Crippen molar-refractivity contribution in [2.45, 2.75) is 37.8 Å². The maximum atomic E-state index is 12.7. The number of thiophene rings is 1. The molecule has 0 saturated heterocycles. The molecular weight excluding hydrogens is 400 g/mol. The van der Waals surface area contributed by atoms with Crippen molar-refractivity contribution in [1.82, 2.24) is 29.7 Å². The molecule has 1 aliphatic carbocycles. The van der Waals surface area contributed by atoms with Gasteiger partial charge in [-0.2, -0.15) is 10.2 Å². The number of hydrogen-bond acceptors (Lipinski definition) is 6. The molecule has 1 amide bonds. The van der Waals surface area contributed by atoms with Gasteiger partial charge in [0.25, 0.3) is 5.91 Å². The van der Waals surface area contributed by atoms with Crippen LogP contribution in [0.25, 0.3) is 27.9 Å². The summed E-state index contributed by atoms with van der Waals surface area (Å²) in [5.41, 5.74) is 4.42. The number of carbonyl (C=O) groups is 1. The van der Waals surface area contributed by atoms with E-state index in [9.17, 15) is 9.90 Å². The molecule has 0 spiro atoms. The highest BCUT2D eigenvalue weighted by Crippen LogP contribution is 2.29. The molecule has 0 unspecified atom stereocenters. The summed E-state index contributed by atoms with van der Waals surface area (Å²) in [5.74, 6) is -0.138.